The van der Waals surface area contributed by atoms with E-state index >= 15 is 0 Å². The first-order chi connectivity index (χ1) is 8.41. The second kappa shape index (κ2) is 6.00. The monoisotopic (exact) mass is 257 g/mol. The maximum atomic E-state index is 10.6. The zero-order chi connectivity index (χ0) is 13.6. The van der Waals surface area contributed by atoms with Crippen LogP contribution in [0.5, 0.6) is 0 Å². The fraction of sp³-hybridized carbons (Fsp3) is 0.167. The maximum absolute atomic E-state index is 10.6. The van der Waals surface area contributed by atoms with E-state index in [1.54, 1.807) is 0 Å². The van der Waals surface area contributed by atoms with E-state index < -0.39 is 12.1 Å². The highest BCUT2D eigenvalue weighted by atomic mass is 19.4. The van der Waals surface area contributed by atoms with Crippen molar-refractivity contribution in [3.8, 4) is 0 Å². The molecular weight excluding hydrogens is 247 g/mol. The van der Waals surface area contributed by atoms with Crippen molar-refractivity contribution < 1.29 is 23.1 Å². The minimum Gasteiger partial charge on any atom is -0.475 e. The van der Waals surface area contributed by atoms with E-state index in [2.05, 4.69) is 29.3 Å². The highest BCUT2D eigenvalue weighted by molar-refractivity contribution is 5.73. The molecule has 0 saturated carbocycles. The van der Waals surface area contributed by atoms with Crippen molar-refractivity contribution in [2.45, 2.75) is 12.6 Å². The fourth-order valence-electron chi connectivity index (χ4n) is 1.22. The average molecular weight is 257 g/mol. The van der Waals surface area contributed by atoms with Crippen LogP contribution in [0.4, 0.5) is 13.2 Å². The molecule has 0 atom stereocenters. The average Bonchev–Trinajstić information content (AvgIpc) is 2.53. The van der Waals surface area contributed by atoms with E-state index in [1.165, 1.54) is 11.1 Å². The molecule has 0 spiro atoms. The molecular formula is C12H10F3NO2. The van der Waals surface area contributed by atoms with Crippen molar-refractivity contribution >= 4 is 18.3 Å². The van der Waals surface area contributed by atoms with Crippen LogP contribution in [-0.2, 0) is 11.2 Å². The zero-order valence-electron chi connectivity index (χ0n) is 9.19. The van der Waals surface area contributed by atoms with Gasteiger partial charge in [-0.25, -0.2) is 4.79 Å². The smallest absolute Gasteiger partial charge is 0.475 e. The van der Waals surface area contributed by atoms with E-state index in [0.29, 0.717) is 0 Å². The Morgan fingerprint density at radius 2 is 1.89 bits per heavy atom. The van der Waals surface area contributed by atoms with E-state index in [0.717, 1.165) is 6.42 Å². The molecule has 6 heteroatoms. The number of carbonyl (C=O) groups is 1. The molecule has 1 N–H and O–H groups in total. The van der Waals surface area contributed by atoms with Crippen molar-refractivity contribution in [2.75, 3.05) is 0 Å². The first kappa shape index (κ1) is 14.0. The molecule has 1 aliphatic heterocycles. The number of alkyl halides is 3. The van der Waals surface area contributed by atoms with Gasteiger partial charge in [-0.2, -0.15) is 13.2 Å². The number of aliphatic carboxylic acids is 1. The van der Waals surface area contributed by atoms with Gasteiger partial charge in [-0.15, -0.1) is 0 Å². The molecule has 18 heavy (non-hydrogen) atoms. The van der Waals surface area contributed by atoms with Gasteiger partial charge in [-0.05, 0) is 17.2 Å². The van der Waals surface area contributed by atoms with E-state index in [-0.39, 0.29) is 0 Å². The normalized spacial score (nSPS) is 13.1. The van der Waals surface area contributed by atoms with E-state index in [1.807, 2.05) is 18.5 Å². The summed E-state index contributed by atoms with van der Waals surface area (Å²) in [4.78, 5) is 13.0. The Hall–Kier alpha value is -2.11. The first-order valence-electron chi connectivity index (χ1n) is 4.97. The molecule has 0 unspecified atom stereocenters. The topological polar surface area (TPSA) is 49.7 Å². The molecule has 0 saturated heterocycles. The van der Waals surface area contributed by atoms with Crippen molar-refractivity contribution in [3.05, 3.63) is 41.6 Å². The molecule has 2 rings (SSSR count). The molecule has 1 heterocycles. The molecule has 0 amide bonds. The SMILES string of the molecule is C1=Cc2ccccc2CC=N1.O=C(O)C(F)(F)F. The van der Waals surface area contributed by atoms with Crippen LogP contribution in [0.1, 0.15) is 11.1 Å². The summed E-state index contributed by atoms with van der Waals surface area (Å²) >= 11 is 0. The molecule has 0 aromatic heterocycles. The lowest BCUT2D eigenvalue weighted by atomic mass is 10.1. The molecule has 0 aliphatic carbocycles. The Balaban J connectivity index is 0.000000203. The third kappa shape index (κ3) is 4.40. The molecule has 96 valence electrons. The summed E-state index contributed by atoms with van der Waals surface area (Å²) in [6.45, 7) is 0. The van der Waals surface area contributed by atoms with Crippen LogP contribution in [-0.4, -0.2) is 23.5 Å². The Morgan fingerprint density at radius 1 is 1.28 bits per heavy atom. The summed E-state index contributed by atoms with van der Waals surface area (Å²) < 4.78 is 31.7. The van der Waals surface area contributed by atoms with E-state index in [4.69, 9.17) is 9.90 Å². The summed E-state index contributed by atoms with van der Waals surface area (Å²) in [6, 6.07) is 8.36. The number of hydrogen-bond donors (Lipinski definition) is 1. The van der Waals surface area contributed by atoms with Crippen LogP contribution in [0.2, 0.25) is 0 Å². The fourth-order valence-corrected chi connectivity index (χ4v) is 1.22. The quantitative estimate of drug-likeness (QED) is 0.776. The lowest BCUT2D eigenvalue weighted by molar-refractivity contribution is -0.192. The standard InChI is InChI=1S/C10H9N.C2HF3O2/c1-2-4-10-6-8-11-7-5-9(10)3-1;3-2(4,5)1(6)7/h1-5,7-8H,6H2;(H,6,7). The second-order valence-electron chi connectivity index (χ2n) is 3.35. The maximum Gasteiger partial charge on any atom is 0.490 e. The summed E-state index contributed by atoms with van der Waals surface area (Å²) in [5.74, 6) is -2.76. The van der Waals surface area contributed by atoms with Crippen LogP contribution >= 0.6 is 0 Å². The van der Waals surface area contributed by atoms with E-state index in [9.17, 15) is 13.2 Å². The van der Waals surface area contributed by atoms with Gasteiger partial charge < -0.3 is 5.11 Å². The Bertz CT molecular complexity index is 478. The highest BCUT2D eigenvalue weighted by Gasteiger charge is 2.38. The van der Waals surface area contributed by atoms with Gasteiger partial charge >= 0.3 is 12.1 Å². The second-order valence-corrected chi connectivity index (χ2v) is 3.35. The van der Waals surface area contributed by atoms with Gasteiger partial charge in [0.25, 0.3) is 0 Å². The Kier molecular flexibility index (Phi) is 4.65. The zero-order valence-corrected chi connectivity index (χ0v) is 9.19. The summed E-state index contributed by atoms with van der Waals surface area (Å²) in [7, 11) is 0. The van der Waals surface area contributed by atoms with Crippen LogP contribution in [0.15, 0.2) is 35.5 Å². The van der Waals surface area contributed by atoms with Gasteiger partial charge in [0, 0.05) is 18.8 Å². The highest BCUT2D eigenvalue weighted by Crippen LogP contribution is 2.13. The van der Waals surface area contributed by atoms with Gasteiger partial charge in [-0.1, -0.05) is 24.3 Å². The number of rotatable bonds is 0. The molecule has 1 aliphatic rings. The number of carboxylic acid groups (broad SMARTS) is 1. The number of hydrogen-bond acceptors (Lipinski definition) is 2. The number of benzene rings is 1. The number of nitrogens with zero attached hydrogens (tertiary/aromatic N) is 1. The number of carboxylic acids is 1. The van der Waals surface area contributed by atoms with Crippen LogP contribution in [0.25, 0.3) is 6.08 Å². The van der Waals surface area contributed by atoms with Gasteiger partial charge in [0.2, 0.25) is 0 Å². The summed E-state index contributed by atoms with van der Waals surface area (Å²) in [6.07, 6.45) is 1.68. The van der Waals surface area contributed by atoms with Crippen molar-refractivity contribution in [3.63, 3.8) is 0 Å². The largest absolute Gasteiger partial charge is 0.490 e. The van der Waals surface area contributed by atoms with Gasteiger partial charge in [0.1, 0.15) is 0 Å². The van der Waals surface area contributed by atoms with Gasteiger partial charge in [0.15, 0.2) is 0 Å². The molecule has 3 nitrogen and oxygen atoms in total. The summed E-state index contributed by atoms with van der Waals surface area (Å²) in [5, 5.41) is 7.12. The molecule has 0 bridgehead atoms. The predicted molar refractivity (Wildman–Crippen MR) is 61.4 cm³/mol. The van der Waals surface area contributed by atoms with Crippen molar-refractivity contribution in [1.29, 1.82) is 0 Å². The van der Waals surface area contributed by atoms with Crippen LogP contribution in [0.3, 0.4) is 0 Å². The molecule has 0 fully saturated rings. The number of fused-ring (bicyclic) bond motifs is 1. The minimum atomic E-state index is -5.08. The predicted octanol–water partition coefficient (Wildman–Crippen LogP) is 2.92. The molecule has 1 aromatic rings. The molecule has 1 aromatic carbocycles. The number of aliphatic imine (C=N–C) groups is 1. The first-order valence-corrected chi connectivity index (χ1v) is 4.97. The molecule has 0 radical (unpaired) electrons. The lowest BCUT2D eigenvalue weighted by Crippen LogP contribution is -2.21. The summed E-state index contributed by atoms with van der Waals surface area (Å²) in [5.41, 5.74) is 2.63. The van der Waals surface area contributed by atoms with Crippen molar-refractivity contribution in [1.82, 2.24) is 0 Å². The van der Waals surface area contributed by atoms with Gasteiger partial charge in [0.05, 0.1) is 0 Å². The Labute approximate surface area is 101 Å². The minimum absolute atomic E-state index is 0.948. The Morgan fingerprint density at radius 3 is 2.50 bits per heavy atom. The van der Waals surface area contributed by atoms with Gasteiger partial charge in [-0.3, -0.25) is 4.99 Å². The third-order valence-electron chi connectivity index (χ3n) is 2.05. The van der Waals surface area contributed by atoms with Crippen LogP contribution in [0, 0.1) is 0 Å². The van der Waals surface area contributed by atoms with Crippen LogP contribution < -0.4 is 0 Å². The third-order valence-corrected chi connectivity index (χ3v) is 2.05. The van der Waals surface area contributed by atoms with Crippen molar-refractivity contribution in [2.24, 2.45) is 4.99 Å². The number of halogens is 3. The lowest BCUT2D eigenvalue weighted by Gasteiger charge is -1.98.